The molecule has 2 aromatic heterocycles. The van der Waals surface area contributed by atoms with Crippen molar-refractivity contribution in [1.29, 1.82) is 0 Å². The number of hydrogen-bond donors (Lipinski definition) is 1. The summed E-state index contributed by atoms with van der Waals surface area (Å²) in [5.74, 6) is 0. The van der Waals surface area contributed by atoms with Crippen LogP contribution in [0.15, 0.2) is 63.3 Å². The van der Waals surface area contributed by atoms with E-state index < -0.39 is 0 Å². The standard InChI is InChI=1S/C17H13BrN4S/c1-22-15-4-2-3-5-16(15)23-17(22)21-20-10-11-9-19-14-7-6-12(18)8-13(11)14/h2-10,19H,1H3/b20-10+,21-17?. The van der Waals surface area contributed by atoms with Gasteiger partial charge in [-0.05, 0) is 30.3 Å². The van der Waals surface area contributed by atoms with Crippen LogP contribution in [0.5, 0.6) is 0 Å². The zero-order valence-corrected chi connectivity index (χ0v) is 14.7. The van der Waals surface area contributed by atoms with Crippen LogP contribution in [0.4, 0.5) is 0 Å². The Morgan fingerprint density at radius 3 is 2.96 bits per heavy atom. The highest BCUT2D eigenvalue weighted by Gasteiger charge is 2.02. The van der Waals surface area contributed by atoms with Gasteiger partial charge in [0, 0.05) is 34.2 Å². The number of H-pyrrole nitrogens is 1. The minimum Gasteiger partial charge on any atom is -0.361 e. The summed E-state index contributed by atoms with van der Waals surface area (Å²) in [6.07, 6.45) is 3.73. The lowest BCUT2D eigenvalue weighted by molar-refractivity contribution is 0.889. The number of para-hydroxylation sites is 1. The van der Waals surface area contributed by atoms with Crippen LogP contribution < -0.4 is 4.80 Å². The molecule has 0 atom stereocenters. The summed E-state index contributed by atoms with van der Waals surface area (Å²) < 4.78 is 4.32. The summed E-state index contributed by atoms with van der Waals surface area (Å²) in [6, 6.07) is 14.4. The lowest BCUT2D eigenvalue weighted by Crippen LogP contribution is -2.08. The van der Waals surface area contributed by atoms with Crippen LogP contribution in [0.3, 0.4) is 0 Å². The van der Waals surface area contributed by atoms with Crippen LogP contribution in [-0.2, 0) is 7.05 Å². The lowest BCUT2D eigenvalue weighted by atomic mass is 10.2. The Kier molecular flexibility index (Phi) is 3.63. The molecule has 0 aliphatic heterocycles. The molecule has 0 aliphatic carbocycles. The molecule has 0 amide bonds. The van der Waals surface area contributed by atoms with Gasteiger partial charge in [-0.2, -0.15) is 5.10 Å². The van der Waals surface area contributed by atoms with Gasteiger partial charge < -0.3 is 9.55 Å². The highest BCUT2D eigenvalue weighted by Crippen LogP contribution is 2.21. The first-order chi connectivity index (χ1) is 11.2. The van der Waals surface area contributed by atoms with Crippen LogP contribution >= 0.6 is 27.3 Å². The molecule has 0 saturated heterocycles. The minimum atomic E-state index is 0.878. The van der Waals surface area contributed by atoms with Crippen molar-refractivity contribution in [3.05, 3.63) is 63.5 Å². The molecular formula is C17H13BrN4S. The van der Waals surface area contributed by atoms with Gasteiger partial charge in [0.15, 0.2) is 0 Å². The van der Waals surface area contributed by atoms with E-state index in [0.29, 0.717) is 0 Å². The molecule has 4 nitrogen and oxygen atoms in total. The molecular weight excluding hydrogens is 372 g/mol. The summed E-state index contributed by atoms with van der Waals surface area (Å²) in [4.78, 5) is 4.12. The van der Waals surface area contributed by atoms with Crippen molar-refractivity contribution >= 4 is 54.6 Å². The van der Waals surface area contributed by atoms with E-state index in [4.69, 9.17) is 0 Å². The summed E-state index contributed by atoms with van der Waals surface area (Å²) in [5.41, 5.74) is 3.28. The van der Waals surface area contributed by atoms with Gasteiger partial charge in [-0.3, -0.25) is 0 Å². The van der Waals surface area contributed by atoms with Crippen molar-refractivity contribution in [3.8, 4) is 0 Å². The molecule has 6 heteroatoms. The summed E-state index contributed by atoms with van der Waals surface area (Å²) in [7, 11) is 2.01. The molecule has 0 spiro atoms. The Morgan fingerprint density at radius 2 is 2.09 bits per heavy atom. The fourth-order valence-corrected chi connectivity index (χ4v) is 3.88. The second-order valence-electron chi connectivity index (χ2n) is 5.19. The topological polar surface area (TPSA) is 45.4 Å². The maximum Gasteiger partial charge on any atom is 0.211 e. The Labute approximate surface area is 144 Å². The molecule has 0 bridgehead atoms. The number of rotatable bonds is 2. The van der Waals surface area contributed by atoms with Gasteiger partial charge in [-0.25, -0.2) is 0 Å². The molecule has 0 aliphatic rings. The van der Waals surface area contributed by atoms with Gasteiger partial charge in [-0.15, -0.1) is 5.10 Å². The first kappa shape index (κ1) is 14.4. The largest absolute Gasteiger partial charge is 0.361 e. The smallest absolute Gasteiger partial charge is 0.211 e. The quantitative estimate of drug-likeness (QED) is 0.392. The molecule has 4 aromatic rings. The average molecular weight is 385 g/mol. The predicted molar refractivity (Wildman–Crippen MR) is 100.0 cm³/mol. The average Bonchev–Trinajstić information content (AvgIpc) is 3.10. The van der Waals surface area contributed by atoms with E-state index in [2.05, 4.69) is 53.9 Å². The van der Waals surface area contributed by atoms with E-state index in [9.17, 15) is 0 Å². The fourth-order valence-electron chi connectivity index (χ4n) is 2.54. The summed E-state index contributed by atoms with van der Waals surface area (Å²) >= 11 is 5.14. The monoisotopic (exact) mass is 384 g/mol. The predicted octanol–water partition coefficient (Wildman–Crippen LogP) is 4.42. The molecule has 2 aromatic carbocycles. The number of benzene rings is 2. The molecule has 0 unspecified atom stereocenters. The van der Waals surface area contributed by atoms with E-state index >= 15 is 0 Å². The minimum absolute atomic E-state index is 0.878. The van der Waals surface area contributed by atoms with Gasteiger partial charge in [0.1, 0.15) is 0 Å². The summed E-state index contributed by atoms with van der Waals surface area (Å²) in [6.45, 7) is 0. The van der Waals surface area contributed by atoms with Crippen LogP contribution in [0.2, 0.25) is 0 Å². The molecule has 0 fully saturated rings. The maximum absolute atomic E-state index is 4.37. The van der Waals surface area contributed by atoms with Gasteiger partial charge in [0.2, 0.25) is 4.80 Å². The highest BCUT2D eigenvalue weighted by molar-refractivity contribution is 9.10. The van der Waals surface area contributed by atoms with E-state index in [1.54, 1.807) is 17.6 Å². The van der Waals surface area contributed by atoms with E-state index in [1.807, 2.05) is 37.5 Å². The third-order valence-electron chi connectivity index (χ3n) is 3.73. The van der Waals surface area contributed by atoms with Crippen molar-refractivity contribution in [3.63, 3.8) is 0 Å². The molecule has 23 heavy (non-hydrogen) atoms. The van der Waals surface area contributed by atoms with Crippen molar-refractivity contribution in [2.75, 3.05) is 0 Å². The van der Waals surface area contributed by atoms with Crippen molar-refractivity contribution in [1.82, 2.24) is 9.55 Å². The third kappa shape index (κ3) is 2.64. The SMILES string of the molecule is Cn1c(=N/N=C/c2c[nH]c3ccc(Br)cc23)sc2ccccc21. The van der Waals surface area contributed by atoms with Crippen LogP contribution in [0.25, 0.3) is 21.1 Å². The Hall–Kier alpha value is -2.18. The number of hydrogen-bond acceptors (Lipinski definition) is 3. The van der Waals surface area contributed by atoms with E-state index in [1.165, 1.54) is 10.2 Å². The molecule has 4 rings (SSSR count). The molecule has 0 radical (unpaired) electrons. The number of nitrogens with one attached hydrogen (secondary N) is 1. The number of halogens is 1. The Bertz CT molecular complexity index is 1100. The second-order valence-corrected chi connectivity index (χ2v) is 7.11. The van der Waals surface area contributed by atoms with Gasteiger partial charge >= 0.3 is 0 Å². The number of nitrogens with zero attached hydrogens (tertiary/aromatic N) is 3. The first-order valence-corrected chi connectivity index (χ1v) is 8.71. The second kappa shape index (κ2) is 5.79. The zero-order chi connectivity index (χ0) is 15.8. The number of aromatic amines is 1. The normalized spacial score (nSPS) is 12.9. The van der Waals surface area contributed by atoms with Crippen molar-refractivity contribution in [2.24, 2.45) is 17.3 Å². The van der Waals surface area contributed by atoms with Crippen LogP contribution in [0.1, 0.15) is 5.56 Å². The summed E-state index contributed by atoms with van der Waals surface area (Å²) in [5, 5.41) is 9.77. The first-order valence-electron chi connectivity index (χ1n) is 7.10. The van der Waals surface area contributed by atoms with Crippen molar-refractivity contribution < 1.29 is 0 Å². The maximum atomic E-state index is 4.37. The van der Waals surface area contributed by atoms with E-state index in [0.717, 1.165) is 25.7 Å². The molecule has 114 valence electrons. The lowest BCUT2D eigenvalue weighted by Gasteiger charge is -1.93. The van der Waals surface area contributed by atoms with Gasteiger partial charge in [0.25, 0.3) is 0 Å². The van der Waals surface area contributed by atoms with Gasteiger partial charge in [-0.1, -0.05) is 39.4 Å². The number of fused-ring (bicyclic) bond motifs is 2. The van der Waals surface area contributed by atoms with Crippen molar-refractivity contribution in [2.45, 2.75) is 0 Å². The molecule has 2 heterocycles. The molecule has 0 saturated carbocycles. The number of aromatic nitrogens is 2. The third-order valence-corrected chi connectivity index (χ3v) is 5.33. The Morgan fingerprint density at radius 1 is 1.22 bits per heavy atom. The number of aryl methyl sites for hydroxylation is 1. The Balaban J connectivity index is 1.75. The highest BCUT2D eigenvalue weighted by atomic mass is 79.9. The van der Waals surface area contributed by atoms with E-state index in [-0.39, 0.29) is 0 Å². The van der Waals surface area contributed by atoms with Crippen LogP contribution in [-0.4, -0.2) is 15.8 Å². The van der Waals surface area contributed by atoms with Gasteiger partial charge in [0.05, 0.1) is 16.4 Å². The fraction of sp³-hybridized carbons (Fsp3) is 0.0588. The molecule has 1 N–H and O–H groups in total. The van der Waals surface area contributed by atoms with Crippen LogP contribution in [0, 0.1) is 0 Å². The number of thiazole rings is 1. The zero-order valence-electron chi connectivity index (χ0n) is 12.3.